The molecule has 3 rings (SSSR count). The largest absolute Gasteiger partial charge is 0.368 e. The van der Waals surface area contributed by atoms with Gasteiger partial charge >= 0.3 is 0 Å². The molecule has 1 unspecified atom stereocenters. The molecular weight excluding hydrogens is 282 g/mol. The van der Waals surface area contributed by atoms with E-state index in [1.54, 1.807) is 11.3 Å². The molecule has 1 fully saturated rings. The maximum absolute atomic E-state index is 5.92. The monoisotopic (exact) mass is 305 g/mol. The molecule has 0 bridgehead atoms. The lowest BCUT2D eigenvalue weighted by Gasteiger charge is -2.37. The molecule has 1 aliphatic rings. The summed E-state index contributed by atoms with van der Waals surface area (Å²) >= 11 is 1.73. The average molecular weight is 305 g/mol. The molecule has 1 atom stereocenters. The van der Waals surface area contributed by atoms with Crippen molar-refractivity contribution >= 4 is 33.3 Å². The smallest absolute Gasteiger partial charge is 0.223 e. The van der Waals surface area contributed by atoms with Crippen LogP contribution in [0.4, 0.5) is 11.8 Å². The Morgan fingerprint density at radius 1 is 1.43 bits per heavy atom. The number of hydrogen-bond donors (Lipinski definition) is 1. The molecule has 2 aromatic rings. The quantitative estimate of drug-likeness (QED) is 0.943. The zero-order valence-corrected chi connectivity index (χ0v) is 13.8. The van der Waals surface area contributed by atoms with Crippen molar-refractivity contribution in [2.45, 2.75) is 32.2 Å². The predicted octanol–water partition coefficient (Wildman–Crippen LogP) is 2.37. The Kier molecular flexibility index (Phi) is 3.99. The summed E-state index contributed by atoms with van der Waals surface area (Å²) in [5.74, 6) is 1.40. The Morgan fingerprint density at radius 3 is 2.95 bits per heavy atom. The topological polar surface area (TPSA) is 58.3 Å². The van der Waals surface area contributed by atoms with E-state index in [4.69, 9.17) is 5.73 Å². The van der Waals surface area contributed by atoms with Gasteiger partial charge in [0.15, 0.2) is 0 Å². The molecule has 0 radical (unpaired) electrons. The predicted molar refractivity (Wildman–Crippen MR) is 90.1 cm³/mol. The molecule has 114 valence electrons. The van der Waals surface area contributed by atoms with Gasteiger partial charge in [0, 0.05) is 24.0 Å². The van der Waals surface area contributed by atoms with Gasteiger partial charge < -0.3 is 15.5 Å². The van der Waals surface area contributed by atoms with Crippen molar-refractivity contribution < 1.29 is 0 Å². The van der Waals surface area contributed by atoms with Crippen LogP contribution >= 0.6 is 11.3 Å². The SMILES string of the molecule is CCc1cc2c(N3CCCC(N(C)C)C3)nc(N)nc2s1. The summed E-state index contributed by atoms with van der Waals surface area (Å²) in [5, 5.41) is 1.16. The van der Waals surface area contributed by atoms with Gasteiger partial charge in [-0.05, 0) is 39.4 Å². The fourth-order valence-corrected chi connectivity index (χ4v) is 3.93. The van der Waals surface area contributed by atoms with Crippen molar-refractivity contribution in [2.75, 3.05) is 37.8 Å². The minimum atomic E-state index is 0.383. The fraction of sp³-hybridized carbons (Fsp3) is 0.600. The molecule has 0 spiro atoms. The summed E-state index contributed by atoms with van der Waals surface area (Å²) in [6, 6.07) is 2.81. The van der Waals surface area contributed by atoms with Gasteiger partial charge in [0.2, 0.25) is 5.95 Å². The Morgan fingerprint density at radius 2 is 2.24 bits per heavy atom. The van der Waals surface area contributed by atoms with Crippen LogP contribution in [-0.4, -0.2) is 48.1 Å². The number of aryl methyl sites for hydroxylation is 1. The van der Waals surface area contributed by atoms with Gasteiger partial charge in [-0.3, -0.25) is 0 Å². The standard InChI is InChI=1S/C15H23N5S/c1-4-11-8-12-13(17-15(16)18-14(12)21-11)20-7-5-6-10(9-20)19(2)3/h8,10H,4-7,9H2,1-3H3,(H2,16,17,18). The van der Waals surface area contributed by atoms with Gasteiger partial charge in [-0.15, -0.1) is 11.3 Å². The Labute approximate surface area is 129 Å². The van der Waals surface area contributed by atoms with E-state index in [1.165, 1.54) is 17.7 Å². The number of anilines is 2. The molecule has 1 saturated heterocycles. The highest BCUT2D eigenvalue weighted by molar-refractivity contribution is 7.18. The lowest BCUT2D eigenvalue weighted by molar-refractivity contribution is 0.257. The molecule has 1 aliphatic heterocycles. The highest BCUT2D eigenvalue weighted by Crippen LogP contribution is 2.33. The summed E-state index contributed by atoms with van der Waals surface area (Å²) in [6.07, 6.45) is 3.47. The zero-order chi connectivity index (χ0) is 15.0. The summed E-state index contributed by atoms with van der Waals surface area (Å²) in [5.41, 5.74) is 5.92. The number of aromatic nitrogens is 2. The summed E-state index contributed by atoms with van der Waals surface area (Å²) < 4.78 is 0. The highest BCUT2D eigenvalue weighted by atomic mass is 32.1. The van der Waals surface area contributed by atoms with E-state index in [-0.39, 0.29) is 0 Å². The Hall–Kier alpha value is -1.40. The molecule has 3 heterocycles. The molecule has 0 saturated carbocycles. The molecule has 0 amide bonds. The van der Waals surface area contributed by atoms with E-state index < -0.39 is 0 Å². The van der Waals surface area contributed by atoms with Crippen molar-refractivity contribution in [3.8, 4) is 0 Å². The van der Waals surface area contributed by atoms with Gasteiger partial charge in [-0.2, -0.15) is 4.98 Å². The number of thiophene rings is 1. The first-order valence-electron chi connectivity index (χ1n) is 7.55. The first-order valence-corrected chi connectivity index (χ1v) is 8.37. The first-order chi connectivity index (χ1) is 10.1. The van der Waals surface area contributed by atoms with Crippen LogP contribution in [0.25, 0.3) is 10.2 Å². The second-order valence-electron chi connectivity index (χ2n) is 5.90. The second kappa shape index (κ2) is 5.77. The van der Waals surface area contributed by atoms with Gasteiger partial charge in [0.1, 0.15) is 10.6 Å². The summed E-state index contributed by atoms with van der Waals surface area (Å²) in [4.78, 5) is 16.0. The van der Waals surface area contributed by atoms with Crippen LogP contribution in [0.3, 0.4) is 0 Å². The highest BCUT2D eigenvalue weighted by Gasteiger charge is 2.24. The molecular formula is C15H23N5S. The summed E-state index contributed by atoms with van der Waals surface area (Å²) in [7, 11) is 4.30. The van der Waals surface area contributed by atoms with Crippen LogP contribution in [0.5, 0.6) is 0 Å². The molecule has 0 aromatic carbocycles. The Bertz CT molecular complexity index is 636. The third kappa shape index (κ3) is 2.82. The van der Waals surface area contributed by atoms with Gasteiger partial charge in [-0.25, -0.2) is 4.98 Å². The van der Waals surface area contributed by atoms with E-state index >= 15 is 0 Å². The number of likely N-dealkylation sites (N-methyl/N-ethyl adjacent to an activating group) is 1. The van der Waals surface area contributed by atoms with Crippen LogP contribution in [-0.2, 0) is 6.42 Å². The van der Waals surface area contributed by atoms with Crippen LogP contribution in [0.15, 0.2) is 6.07 Å². The lowest BCUT2D eigenvalue weighted by atomic mass is 10.0. The number of fused-ring (bicyclic) bond motifs is 1. The summed E-state index contributed by atoms with van der Waals surface area (Å²) in [6.45, 7) is 4.23. The molecule has 21 heavy (non-hydrogen) atoms. The van der Waals surface area contributed by atoms with E-state index in [0.717, 1.165) is 35.5 Å². The molecule has 6 heteroatoms. The first kappa shape index (κ1) is 14.5. The van der Waals surface area contributed by atoms with E-state index in [9.17, 15) is 0 Å². The second-order valence-corrected chi connectivity index (χ2v) is 7.01. The molecule has 2 aromatic heterocycles. The van der Waals surface area contributed by atoms with E-state index in [0.29, 0.717) is 12.0 Å². The third-order valence-corrected chi connectivity index (χ3v) is 5.39. The molecule has 0 aliphatic carbocycles. The van der Waals surface area contributed by atoms with Crippen molar-refractivity contribution in [1.29, 1.82) is 0 Å². The molecule has 5 nitrogen and oxygen atoms in total. The number of nitrogens with two attached hydrogens (primary N) is 1. The van der Waals surface area contributed by atoms with Crippen LogP contribution in [0, 0.1) is 0 Å². The number of piperidine rings is 1. The van der Waals surface area contributed by atoms with Crippen molar-refractivity contribution in [1.82, 2.24) is 14.9 Å². The van der Waals surface area contributed by atoms with Crippen molar-refractivity contribution in [3.05, 3.63) is 10.9 Å². The lowest BCUT2D eigenvalue weighted by Crippen LogP contribution is -2.45. The van der Waals surface area contributed by atoms with E-state index in [2.05, 4.69) is 46.9 Å². The average Bonchev–Trinajstić information content (AvgIpc) is 2.89. The third-order valence-electron chi connectivity index (χ3n) is 4.22. The fourth-order valence-electron chi connectivity index (χ4n) is 2.96. The maximum Gasteiger partial charge on any atom is 0.223 e. The van der Waals surface area contributed by atoms with E-state index in [1.807, 2.05) is 0 Å². The number of nitrogens with zero attached hydrogens (tertiary/aromatic N) is 4. The number of rotatable bonds is 3. The minimum Gasteiger partial charge on any atom is -0.368 e. The van der Waals surface area contributed by atoms with Gasteiger partial charge in [-0.1, -0.05) is 6.92 Å². The van der Waals surface area contributed by atoms with Crippen molar-refractivity contribution in [2.24, 2.45) is 0 Å². The van der Waals surface area contributed by atoms with Gasteiger partial charge in [0.25, 0.3) is 0 Å². The van der Waals surface area contributed by atoms with Crippen LogP contribution in [0.2, 0.25) is 0 Å². The maximum atomic E-state index is 5.92. The number of hydrogen-bond acceptors (Lipinski definition) is 6. The Balaban J connectivity index is 2.00. The number of nitrogen functional groups attached to an aromatic ring is 1. The molecule has 2 N–H and O–H groups in total. The minimum absolute atomic E-state index is 0.383. The van der Waals surface area contributed by atoms with Crippen molar-refractivity contribution in [3.63, 3.8) is 0 Å². The van der Waals surface area contributed by atoms with Crippen LogP contribution < -0.4 is 10.6 Å². The zero-order valence-electron chi connectivity index (χ0n) is 13.0. The van der Waals surface area contributed by atoms with Crippen LogP contribution in [0.1, 0.15) is 24.6 Å². The van der Waals surface area contributed by atoms with Gasteiger partial charge in [0.05, 0.1) is 5.39 Å². The normalized spacial score (nSPS) is 19.6.